The van der Waals surface area contributed by atoms with Gasteiger partial charge >= 0.3 is 6.15 Å². The van der Waals surface area contributed by atoms with Crippen LogP contribution in [0.1, 0.15) is 30.4 Å². The Morgan fingerprint density at radius 3 is 2.71 bits per heavy atom. The van der Waals surface area contributed by atoms with E-state index in [4.69, 9.17) is 14.3 Å². The van der Waals surface area contributed by atoms with E-state index in [1.54, 1.807) is 0 Å². The van der Waals surface area contributed by atoms with E-state index in [0.29, 0.717) is 24.5 Å². The number of ether oxygens (including phenoxy) is 1. The summed E-state index contributed by atoms with van der Waals surface area (Å²) in [6.07, 6.45) is 2.14. The molecule has 0 aliphatic carbocycles. The highest BCUT2D eigenvalue weighted by Crippen LogP contribution is 2.35. The molecule has 2 aliphatic heterocycles. The number of halogens is 1. The van der Waals surface area contributed by atoms with Gasteiger partial charge in [-0.1, -0.05) is 6.92 Å². The third-order valence-corrected chi connectivity index (χ3v) is 3.94. The first-order chi connectivity index (χ1) is 10.1. The van der Waals surface area contributed by atoms with Crippen molar-refractivity contribution in [3.63, 3.8) is 0 Å². The van der Waals surface area contributed by atoms with Crippen LogP contribution in [0.5, 0.6) is 5.75 Å². The van der Waals surface area contributed by atoms with E-state index >= 15 is 0 Å². The second-order valence-electron chi connectivity index (χ2n) is 5.16. The highest BCUT2D eigenvalue weighted by Gasteiger charge is 2.34. The van der Waals surface area contributed by atoms with Gasteiger partial charge in [-0.05, 0) is 30.0 Å². The highest BCUT2D eigenvalue weighted by atomic mass is 19.1. The number of hydrogen-bond acceptors (Lipinski definition) is 4. The van der Waals surface area contributed by atoms with Crippen LogP contribution in [-0.4, -0.2) is 25.2 Å². The highest BCUT2D eigenvalue weighted by molar-refractivity contribution is 5.82. The van der Waals surface area contributed by atoms with Crippen LogP contribution in [0.15, 0.2) is 12.1 Å². The largest absolute Gasteiger partial charge is 0.493 e. The number of aryl methyl sites for hydroxylation is 1. The number of carbonyl (C=O) groups excluding carboxylic acids is 3. The van der Waals surface area contributed by atoms with E-state index in [9.17, 15) is 9.18 Å². The van der Waals surface area contributed by atoms with Crippen LogP contribution < -0.4 is 10.1 Å². The van der Waals surface area contributed by atoms with Crippen LogP contribution in [0.4, 0.5) is 4.39 Å². The molecular formula is C15H16FNO4. The predicted molar refractivity (Wildman–Crippen MR) is 70.1 cm³/mol. The molecule has 1 fully saturated rings. The molecule has 0 bridgehead atoms. The average molecular weight is 293 g/mol. The lowest BCUT2D eigenvalue weighted by Gasteiger charge is -2.21. The zero-order valence-corrected chi connectivity index (χ0v) is 11.6. The van der Waals surface area contributed by atoms with E-state index in [-0.39, 0.29) is 29.7 Å². The minimum Gasteiger partial charge on any atom is -0.493 e. The lowest BCUT2D eigenvalue weighted by molar-refractivity contribution is -0.191. The van der Waals surface area contributed by atoms with Crippen molar-refractivity contribution in [2.45, 2.75) is 25.7 Å². The standard InChI is InChI=1S/C14H16FNO2.CO2/c1-8-11(7-16-14(8)17)10-5-9-3-2-4-18-13(9)6-12(10)15;2-1-3/h5-6,8,11H,2-4,7H2,1H3,(H,16,17);/t8-,11+;/m0./s1. The molecule has 1 aromatic carbocycles. The molecule has 3 rings (SSSR count). The van der Waals surface area contributed by atoms with Gasteiger partial charge in [0.2, 0.25) is 5.91 Å². The van der Waals surface area contributed by atoms with Gasteiger partial charge in [0.05, 0.1) is 6.61 Å². The summed E-state index contributed by atoms with van der Waals surface area (Å²) in [6, 6.07) is 3.35. The smallest absolute Gasteiger partial charge is 0.373 e. The van der Waals surface area contributed by atoms with E-state index in [1.165, 1.54) is 6.07 Å². The fourth-order valence-electron chi connectivity index (χ4n) is 2.79. The van der Waals surface area contributed by atoms with Gasteiger partial charge in [-0.25, -0.2) is 4.39 Å². The molecule has 0 radical (unpaired) electrons. The van der Waals surface area contributed by atoms with Gasteiger partial charge in [0.25, 0.3) is 0 Å². The SMILES string of the molecule is C[C@@H]1C(=O)NC[C@H]1c1cc2c(cc1F)OCCC2.O=C=O. The van der Waals surface area contributed by atoms with Crippen molar-refractivity contribution in [3.05, 3.63) is 29.1 Å². The Labute approximate surface area is 121 Å². The Bertz CT molecular complexity index is 581. The normalized spacial score (nSPS) is 23.0. The fraction of sp³-hybridized carbons (Fsp3) is 0.467. The molecule has 2 aliphatic rings. The lowest BCUT2D eigenvalue weighted by atomic mass is 9.87. The monoisotopic (exact) mass is 293 g/mol. The van der Waals surface area contributed by atoms with Crippen molar-refractivity contribution < 1.29 is 23.5 Å². The van der Waals surface area contributed by atoms with E-state index in [0.717, 1.165) is 18.4 Å². The Morgan fingerprint density at radius 2 is 2.10 bits per heavy atom. The van der Waals surface area contributed by atoms with Gasteiger partial charge in [-0.15, -0.1) is 0 Å². The number of amides is 1. The number of carbonyl (C=O) groups is 1. The molecule has 1 amide bonds. The van der Waals surface area contributed by atoms with Gasteiger partial charge in [-0.2, -0.15) is 9.59 Å². The minimum absolute atomic E-state index is 0.00775. The summed E-state index contributed by atoms with van der Waals surface area (Å²) in [5.41, 5.74) is 1.70. The van der Waals surface area contributed by atoms with Crippen LogP contribution in [0.3, 0.4) is 0 Å². The summed E-state index contributed by atoms with van der Waals surface area (Å²) < 4.78 is 19.6. The Balaban J connectivity index is 0.000000497. The Morgan fingerprint density at radius 1 is 1.38 bits per heavy atom. The van der Waals surface area contributed by atoms with Gasteiger partial charge in [0.15, 0.2) is 0 Å². The summed E-state index contributed by atoms with van der Waals surface area (Å²) in [5, 5.41) is 2.79. The summed E-state index contributed by atoms with van der Waals surface area (Å²) in [6.45, 7) is 3.03. The van der Waals surface area contributed by atoms with Gasteiger partial charge in [0, 0.05) is 24.4 Å². The van der Waals surface area contributed by atoms with Gasteiger partial charge in [-0.3, -0.25) is 4.79 Å². The predicted octanol–water partition coefficient (Wildman–Crippen LogP) is 1.42. The zero-order chi connectivity index (χ0) is 15.4. The molecule has 0 spiro atoms. The molecule has 2 heterocycles. The summed E-state index contributed by atoms with van der Waals surface area (Å²) >= 11 is 0. The van der Waals surface area contributed by atoms with E-state index < -0.39 is 0 Å². The number of hydrogen-bond donors (Lipinski definition) is 1. The molecule has 1 saturated heterocycles. The second kappa shape index (κ2) is 6.50. The zero-order valence-electron chi connectivity index (χ0n) is 11.6. The van der Waals surface area contributed by atoms with Crippen LogP contribution in [0, 0.1) is 11.7 Å². The molecule has 5 nitrogen and oxygen atoms in total. The topological polar surface area (TPSA) is 72.5 Å². The van der Waals surface area contributed by atoms with Gasteiger partial charge < -0.3 is 10.1 Å². The molecule has 1 aromatic rings. The number of benzene rings is 1. The number of nitrogens with one attached hydrogen (secondary N) is 1. The lowest BCUT2D eigenvalue weighted by Crippen LogP contribution is -2.17. The van der Waals surface area contributed by atoms with Crippen molar-refractivity contribution in [3.8, 4) is 5.75 Å². The van der Waals surface area contributed by atoms with Crippen LogP contribution in [-0.2, 0) is 20.8 Å². The maximum Gasteiger partial charge on any atom is 0.373 e. The first kappa shape index (κ1) is 15.2. The number of rotatable bonds is 1. The third-order valence-electron chi connectivity index (χ3n) is 3.94. The Hall–Kier alpha value is -2.20. The molecule has 0 unspecified atom stereocenters. The molecule has 112 valence electrons. The third kappa shape index (κ3) is 3.11. The number of fused-ring (bicyclic) bond motifs is 1. The van der Waals surface area contributed by atoms with Crippen molar-refractivity contribution >= 4 is 12.1 Å². The first-order valence-corrected chi connectivity index (χ1v) is 6.80. The molecular weight excluding hydrogens is 277 g/mol. The maximum atomic E-state index is 14.1. The summed E-state index contributed by atoms with van der Waals surface area (Å²) in [5.74, 6) is 0.177. The summed E-state index contributed by atoms with van der Waals surface area (Å²) in [4.78, 5) is 27.7. The minimum atomic E-state index is -0.260. The van der Waals surface area contributed by atoms with Crippen molar-refractivity contribution in [2.75, 3.05) is 13.2 Å². The van der Waals surface area contributed by atoms with Crippen LogP contribution >= 0.6 is 0 Å². The Kier molecular flexibility index (Phi) is 4.70. The average Bonchev–Trinajstić information content (AvgIpc) is 2.79. The van der Waals surface area contributed by atoms with Crippen molar-refractivity contribution in [1.29, 1.82) is 0 Å². The molecule has 1 N–H and O–H groups in total. The second-order valence-corrected chi connectivity index (χ2v) is 5.16. The quantitative estimate of drug-likeness (QED) is 0.850. The first-order valence-electron chi connectivity index (χ1n) is 6.80. The summed E-state index contributed by atoms with van der Waals surface area (Å²) in [7, 11) is 0. The van der Waals surface area contributed by atoms with Crippen LogP contribution in [0.25, 0.3) is 0 Å². The molecule has 6 heteroatoms. The van der Waals surface area contributed by atoms with Crippen molar-refractivity contribution in [2.24, 2.45) is 5.92 Å². The molecule has 0 aromatic heterocycles. The van der Waals surface area contributed by atoms with E-state index in [1.807, 2.05) is 13.0 Å². The van der Waals surface area contributed by atoms with Gasteiger partial charge in [0.1, 0.15) is 11.6 Å². The van der Waals surface area contributed by atoms with Crippen LogP contribution in [0.2, 0.25) is 0 Å². The molecule has 21 heavy (non-hydrogen) atoms. The molecule has 2 atom stereocenters. The van der Waals surface area contributed by atoms with E-state index in [2.05, 4.69) is 5.32 Å². The fourth-order valence-corrected chi connectivity index (χ4v) is 2.79. The maximum absolute atomic E-state index is 14.1. The van der Waals surface area contributed by atoms with Crippen molar-refractivity contribution in [1.82, 2.24) is 5.32 Å². The molecule has 0 saturated carbocycles.